The van der Waals surface area contributed by atoms with Crippen LogP contribution in [0.2, 0.25) is 0 Å². The van der Waals surface area contributed by atoms with Gasteiger partial charge in [-0.25, -0.2) is 0 Å². The fourth-order valence-electron chi connectivity index (χ4n) is 2.74. The third kappa shape index (κ3) is 4.58. The van der Waals surface area contributed by atoms with Gasteiger partial charge in [0.1, 0.15) is 0 Å². The number of hydrogen-bond acceptors (Lipinski definition) is 2. The van der Waals surface area contributed by atoms with E-state index >= 15 is 0 Å². The van der Waals surface area contributed by atoms with Crippen LogP contribution in [0.15, 0.2) is 30.5 Å². The Bertz CT molecular complexity index is 533. The van der Waals surface area contributed by atoms with E-state index in [2.05, 4.69) is 47.3 Å². The Morgan fingerprint density at radius 3 is 2.81 bits per heavy atom. The topological polar surface area (TPSA) is 26.2 Å². The maximum absolute atomic E-state index is 5.34. The monoisotopic (exact) mass is 288 g/mol. The highest BCUT2D eigenvalue weighted by atomic mass is 16.5. The van der Waals surface area contributed by atoms with E-state index < -0.39 is 0 Å². The molecule has 0 atom stereocenters. The summed E-state index contributed by atoms with van der Waals surface area (Å²) in [5, 5.41) is 4.88. The predicted octanol–water partition coefficient (Wildman–Crippen LogP) is 3.61. The predicted molar refractivity (Wildman–Crippen MR) is 89.9 cm³/mol. The Labute approximate surface area is 128 Å². The van der Waals surface area contributed by atoms with Gasteiger partial charge in [-0.1, -0.05) is 25.1 Å². The van der Waals surface area contributed by atoms with E-state index in [1.165, 1.54) is 22.9 Å². The van der Waals surface area contributed by atoms with Crippen molar-refractivity contribution < 1.29 is 4.74 Å². The van der Waals surface area contributed by atoms with Crippen molar-refractivity contribution in [3.05, 3.63) is 36.0 Å². The van der Waals surface area contributed by atoms with Crippen molar-refractivity contribution in [1.29, 1.82) is 0 Å². The Kier molecular flexibility index (Phi) is 6.77. The van der Waals surface area contributed by atoms with Crippen LogP contribution >= 0.6 is 0 Å². The minimum atomic E-state index is 0.827. The van der Waals surface area contributed by atoms with Crippen LogP contribution in [0.1, 0.15) is 32.3 Å². The molecule has 0 unspecified atom stereocenters. The molecule has 21 heavy (non-hydrogen) atoms. The molecule has 1 aromatic heterocycles. The van der Waals surface area contributed by atoms with Crippen LogP contribution in [0.5, 0.6) is 0 Å². The lowest BCUT2D eigenvalue weighted by Crippen LogP contribution is -2.21. The normalized spacial score (nSPS) is 11.3. The number of benzene rings is 1. The van der Waals surface area contributed by atoms with E-state index in [9.17, 15) is 0 Å². The number of ether oxygens (including phenoxy) is 1. The molecule has 0 saturated heterocycles. The third-order valence-electron chi connectivity index (χ3n) is 3.88. The van der Waals surface area contributed by atoms with Crippen molar-refractivity contribution in [3.63, 3.8) is 0 Å². The number of aromatic nitrogens is 1. The van der Waals surface area contributed by atoms with Crippen LogP contribution in [-0.4, -0.2) is 30.9 Å². The van der Waals surface area contributed by atoms with Crippen LogP contribution in [0.25, 0.3) is 10.9 Å². The molecule has 2 aromatic rings. The zero-order valence-corrected chi connectivity index (χ0v) is 13.4. The van der Waals surface area contributed by atoms with E-state index in [-0.39, 0.29) is 0 Å². The van der Waals surface area contributed by atoms with E-state index in [1.807, 2.05) is 6.92 Å². The number of nitrogens with one attached hydrogen (secondary N) is 1. The number of nitrogens with zero attached hydrogens (tertiary/aromatic N) is 1. The van der Waals surface area contributed by atoms with Gasteiger partial charge in [-0.3, -0.25) is 0 Å². The van der Waals surface area contributed by atoms with Crippen molar-refractivity contribution in [2.45, 2.75) is 39.7 Å². The summed E-state index contributed by atoms with van der Waals surface area (Å²) in [4.78, 5) is 0. The first kappa shape index (κ1) is 16.1. The zero-order chi connectivity index (χ0) is 14.9. The first-order valence-corrected chi connectivity index (χ1v) is 8.22. The largest absolute Gasteiger partial charge is 0.382 e. The van der Waals surface area contributed by atoms with Gasteiger partial charge < -0.3 is 14.6 Å². The second-order valence-corrected chi connectivity index (χ2v) is 5.37. The molecule has 3 heteroatoms. The highest BCUT2D eigenvalue weighted by Crippen LogP contribution is 2.20. The molecule has 1 aromatic carbocycles. The van der Waals surface area contributed by atoms with E-state index in [4.69, 9.17) is 4.74 Å². The molecule has 116 valence electrons. The number of para-hydroxylation sites is 1. The summed E-state index contributed by atoms with van der Waals surface area (Å²) in [6, 6.07) is 8.81. The van der Waals surface area contributed by atoms with E-state index in [0.29, 0.717) is 0 Å². The molecule has 0 fully saturated rings. The Morgan fingerprint density at radius 2 is 2.00 bits per heavy atom. The van der Waals surface area contributed by atoms with Crippen molar-refractivity contribution in [2.75, 3.05) is 26.3 Å². The summed E-state index contributed by atoms with van der Waals surface area (Å²) < 4.78 is 7.72. The van der Waals surface area contributed by atoms with Gasteiger partial charge >= 0.3 is 0 Å². The van der Waals surface area contributed by atoms with Gasteiger partial charge in [0.05, 0.1) is 5.52 Å². The van der Waals surface area contributed by atoms with Gasteiger partial charge in [0.25, 0.3) is 0 Å². The highest BCUT2D eigenvalue weighted by Gasteiger charge is 2.04. The maximum atomic E-state index is 5.34. The average Bonchev–Trinajstić information content (AvgIpc) is 2.93. The summed E-state index contributed by atoms with van der Waals surface area (Å²) >= 11 is 0. The lowest BCUT2D eigenvalue weighted by atomic mass is 10.1. The zero-order valence-electron chi connectivity index (χ0n) is 13.4. The molecular weight excluding hydrogens is 260 g/mol. The molecule has 0 aliphatic rings. The Balaban J connectivity index is 1.76. The summed E-state index contributed by atoms with van der Waals surface area (Å²) in [6.07, 6.45) is 5.63. The molecule has 1 heterocycles. The molecule has 0 aliphatic heterocycles. The SMILES string of the molecule is CCOCCCCNCCn1ccc2cccc(CC)c21. The van der Waals surface area contributed by atoms with Crippen LogP contribution in [0.4, 0.5) is 0 Å². The average molecular weight is 288 g/mol. The molecule has 0 radical (unpaired) electrons. The van der Waals surface area contributed by atoms with Crippen LogP contribution in [-0.2, 0) is 17.7 Å². The molecule has 1 N–H and O–H groups in total. The summed E-state index contributed by atoms with van der Waals surface area (Å²) in [5.74, 6) is 0. The smallest absolute Gasteiger partial charge is 0.0513 e. The molecule has 2 rings (SSSR count). The summed E-state index contributed by atoms with van der Waals surface area (Å²) in [6.45, 7) is 9.12. The Morgan fingerprint density at radius 1 is 1.10 bits per heavy atom. The van der Waals surface area contributed by atoms with E-state index in [1.54, 1.807) is 0 Å². The number of unbranched alkanes of at least 4 members (excludes halogenated alkanes) is 1. The van der Waals surface area contributed by atoms with Crippen LogP contribution in [0, 0.1) is 0 Å². The molecule has 0 bridgehead atoms. The molecule has 0 spiro atoms. The molecule has 0 aliphatic carbocycles. The van der Waals surface area contributed by atoms with Crippen molar-refractivity contribution >= 4 is 10.9 Å². The van der Waals surface area contributed by atoms with Gasteiger partial charge in [-0.2, -0.15) is 0 Å². The van der Waals surface area contributed by atoms with Crippen molar-refractivity contribution in [2.24, 2.45) is 0 Å². The first-order valence-electron chi connectivity index (χ1n) is 8.22. The highest BCUT2D eigenvalue weighted by molar-refractivity contribution is 5.83. The quantitative estimate of drug-likeness (QED) is 0.676. The number of hydrogen-bond donors (Lipinski definition) is 1. The third-order valence-corrected chi connectivity index (χ3v) is 3.88. The van der Waals surface area contributed by atoms with Crippen molar-refractivity contribution in [3.8, 4) is 0 Å². The number of rotatable bonds is 10. The number of aryl methyl sites for hydroxylation is 1. The van der Waals surface area contributed by atoms with Crippen LogP contribution < -0.4 is 5.32 Å². The molecular formula is C18H28N2O. The van der Waals surface area contributed by atoms with Crippen LogP contribution in [0.3, 0.4) is 0 Å². The maximum Gasteiger partial charge on any atom is 0.0513 e. The van der Waals surface area contributed by atoms with Gasteiger partial charge in [-0.05, 0) is 49.7 Å². The van der Waals surface area contributed by atoms with E-state index in [0.717, 1.165) is 45.7 Å². The minimum Gasteiger partial charge on any atom is -0.382 e. The second kappa shape index (κ2) is 8.85. The van der Waals surface area contributed by atoms with Crippen molar-refractivity contribution in [1.82, 2.24) is 9.88 Å². The number of fused-ring (bicyclic) bond motifs is 1. The van der Waals surface area contributed by atoms with Gasteiger partial charge in [0.2, 0.25) is 0 Å². The standard InChI is InChI=1S/C18H28N2O/c1-3-16-8-7-9-17-10-13-20(18(16)17)14-12-19-11-5-6-15-21-4-2/h7-10,13,19H,3-6,11-12,14-15H2,1-2H3. The minimum absolute atomic E-state index is 0.827. The second-order valence-electron chi connectivity index (χ2n) is 5.37. The summed E-state index contributed by atoms with van der Waals surface area (Å²) in [7, 11) is 0. The van der Waals surface area contributed by atoms with Gasteiger partial charge in [-0.15, -0.1) is 0 Å². The summed E-state index contributed by atoms with van der Waals surface area (Å²) in [5.41, 5.74) is 2.84. The molecule has 0 saturated carbocycles. The van der Waals surface area contributed by atoms with Gasteiger partial charge in [0.15, 0.2) is 0 Å². The Hall–Kier alpha value is -1.32. The molecule has 3 nitrogen and oxygen atoms in total. The molecule has 0 amide bonds. The fourth-order valence-corrected chi connectivity index (χ4v) is 2.74. The lowest BCUT2D eigenvalue weighted by Gasteiger charge is -2.10. The first-order chi connectivity index (χ1) is 10.4. The fraction of sp³-hybridized carbons (Fsp3) is 0.556. The lowest BCUT2D eigenvalue weighted by molar-refractivity contribution is 0.143. The van der Waals surface area contributed by atoms with Gasteiger partial charge in [0, 0.05) is 32.5 Å².